The smallest absolute Gasteiger partial charge is 0.0437 e. The monoisotopic (exact) mass is 365 g/mol. The Labute approximate surface area is 124 Å². The Morgan fingerprint density at radius 1 is 0.833 bits per heavy atom. The lowest BCUT2D eigenvalue weighted by atomic mass is 9.74. The molecule has 0 fully saturated rings. The van der Waals surface area contributed by atoms with Crippen LogP contribution in [0.5, 0.6) is 0 Å². The van der Waals surface area contributed by atoms with E-state index in [-0.39, 0.29) is 5.41 Å². The molecule has 0 aliphatic carbocycles. The summed E-state index contributed by atoms with van der Waals surface area (Å²) >= 11 is 7.07. The third-order valence-electron chi connectivity index (χ3n) is 3.58. The third-order valence-corrected chi connectivity index (χ3v) is 4.57. The van der Waals surface area contributed by atoms with Crippen molar-refractivity contribution in [3.63, 3.8) is 0 Å². The van der Waals surface area contributed by atoms with Crippen molar-refractivity contribution in [1.29, 1.82) is 0 Å². The average Bonchev–Trinajstić information content (AvgIpc) is 2.27. The van der Waals surface area contributed by atoms with E-state index in [1.54, 1.807) is 0 Å². The van der Waals surface area contributed by atoms with Crippen LogP contribution in [0.1, 0.15) is 25.0 Å². The zero-order valence-corrected chi connectivity index (χ0v) is 13.4. The molecule has 2 aromatic carbocycles. The predicted octanol–water partition coefficient (Wildman–Crippen LogP) is 5.59. The quantitative estimate of drug-likeness (QED) is 0.640. The van der Waals surface area contributed by atoms with Crippen molar-refractivity contribution >= 4 is 43.2 Å². The van der Waals surface area contributed by atoms with E-state index in [9.17, 15) is 0 Å². The van der Waals surface area contributed by atoms with Gasteiger partial charge in [-0.2, -0.15) is 0 Å². The van der Waals surface area contributed by atoms with Gasteiger partial charge in [-0.3, -0.25) is 0 Å². The largest absolute Gasteiger partial charge is 0.355 e. The number of hydrogen-bond acceptors (Lipinski definition) is 1. The van der Waals surface area contributed by atoms with Gasteiger partial charge in [0.15, 0.2) is 0 Å². The first-order valence-electron chi connectivity index (χ1n) is 5.85. The lowest BCUT2D eigenvalue weighted by Gasteiger charge is -2.35. The molecule has 0 aromatic heterocycles. The van der Waals surface area contributed by atoms with E-state index in [0.717, 1.165) is 8.95 Å². The van der Waals surface area contributed by atoms with Crippen LogP contribution in [0.3, 0.4) is 0 Å². The van der Waals surface area contributed by atoms with E-state index in [1.807, 2.05) is 0 Å². The van der Waals surface area contributed by atoms with Crippen molar-refractivity contribution in [3.8, 4) is 0 Å². The topological polar surface area (TPSA) is 12.0 Å². The average molecular weight is 367 g/mol. The van der Waals surface area contributed by atoms with Gasteiger partial charge in [0, 0.05) is 25.7 Å². The summed E-state index contributed by atoms with van der Waals surface area (Å²) in [6, 6.07) is 12.9. The SMILES string of the molecule is CC1(C)c2ccc(Br)cc2Nc2cc(Br)ccc21. The van der Waals surface area contributed by atoms with Crippen LogP contribution >= 0.6 is 31.9 Å². The second kappa shape index (κ2) is 4.10. The molecule has 1 nitrogen and oxygen atoms in total. The first kappa shape index (κ1) is 12.2. The van der Waals surface area contributed by atoms with Crippen molar-refractivity contribution in [2.45, 2.75) is 19.3 Å². The Balaban J connectivity index is 2.25. The van der Waals surface area contributed by atoms with Gasteiger partial charge in [0.25, 0.3) is 0 Å². The molecule has 1 aliphatic rings. The standard InChI is InChI=1S/C15H13Br2N/c1-15(2)11-5-3-9(16)7-13(11)18-14-8-10(17)4-6-12(14)15/h3-8,18H,1-2H3. The van der Waals surface area contributed by atoms with Crippen LogP contribution in [-0.4, -0.2) is 0 Å². The maximum Gasteiger partial charge on any atom is 0.0437 e. The Kier molecular flexibility index (Phi) is 2.79. The van der Waals surface area contributed by atoms with Gasteiger partial charge in [0.2, 0.25) is 0 Å². The normalized spacial score (nSPS) is 15.6. The second-order valence-corrected chi connectivity index (χ2v) is 6.96. The van der Waals surface area contributed by atoms with Crippen LogP contribution in [0.15, 0.2) is 45.3 Å². The number of anilines is 2. The highest BCUT2D eigenvalue weighted by Gasteiger charge is 2.32. The summed E-state index contributed by atoms with van der Waals surface area (Å²) in [4.78, 5) is 0. The maximum atomic E-state index is 3.53. The van der Waals surface area contributed by atoms with Gasteiger partial charge in [-0.25, -0.2) is 0 Å². The molecule has 0 bridgehead atoms. The van der Waals surface area contributed by atoms with Crippen LogP contribution in [0.25, 0.3) is 0 Å². The molecule has 0 saturated carbocycles. The lowest BCUT2D eigenvalue weighted by Crippen LogP contribution is -2.25. The van der Waals surface area contributed by atoms with E-state index < -0.39 is 0 Å². The third kappa shape index (κ3) is 1.81. The van der Waals surface area contributed by atoms with Gasteiger partial charge in [-0.15, -0.1) is 0 Å². The molecule has 1 heterocycles. The van der Waals surface area contributed by atoms with Gasteiger partial charge >= 0.3 is 0 Å². The van der Waals surface area contributed by atoms with Gasteiger partial charge < -0.3 is 5.32 Å². The molecule has 0 spiro atoms. The number of fused-ring (bicyclic) bond motifs is 2. The number of halogens is 2. The minimum atomic E-state index is 0.0251. The number of rotatable bonds is 0. The first-order chi connectivity index (χ1) is 8.48. The van der Waals surface area contributed by atoms with Gasteiger partial charge in [0.05, 0.1) is 0 Å². The Morgan fingerprint density at radius 3 is 1.72 bits per heavy atom. The Bertz CT molecular complexity index is 579. The highest BCUT2D eigenvalue weighted by Crippen LogP contribution is 2.46. The molecule has 1 N–H and O–H groups in total. The molecule has 3 heteroatoms. The van der Waals surface area contributed by atoms with Crippen molar-refractivity contribution in [1.82, 2.24) is 0 Å². The summed E-state index contributed by atoms with van der Waals surface area (Å²) in [7, 11) is 0. The summed E-state index contributed by atoms with van der Waals surface area (Å²) < 4.78 is 2.20. The number of hydrogen-bond donors (Lipinski definition) is 1. The fourth-order valence-corrected chi connectivity index (χ4v) is 3.34. The summed E-state index contributed by atoms with van der Waals surface area (Å²) in [5.74, 6) is 0. The zero-order chi connectivity index (χ0) is 12.9. The summed E-state index contributed by atoms with van der Waals surface area (Å²) in [5.41, 5.74) is 5.05. The molecule has 18 heavy (non-hydrogen) atoms. The summed E-state index contributed by atoms with van der Waals surface area (Å²) in [6.07, 6.45) is 0. The Hall–Kier alpha value is -0.800. The molecule has 0 saturated heterocycles. The molecule has 0 radical (unpaired) electrons. The van der Waals surface area contributed by atoms with E-state index >= 15 is 0 Å². The van der Waals surface area contributed by atoms with Crippen molar-refractivity contribution in [2.75, 3.05) is 5.32 Å². The minimum absolute atomic E-state index is 0.0251. The summed E-state index contributed by atoms with van der Waals surface area (Å²) in [6.45, 7) is 4.54. The highest BCUT2D eigenvalue weighted by atomic mass is 79.9. The molecule has 2 aromatic rings. The molecule has 1 aliphatic heterocycles. The minimum Gasteiger partial charge on any atom is -0.355 e. The van der Waals surface area contributed by atoms with Crippen LogP contribution < -0.4 is 5.32 Å². The predicted molar refractivity (Wildman–Crippen MR) is 83.7 cm³/mol. The molecule has 92 valence electrons. The van der Waals surface area contributed by atoms with Gasteiger partial charge in [0.1, 0.15) is 0 Å². The molecule has 3 rings (SSSR count). The molecule has 0 atom stereocenters. The van der Waals surface area contributed by atoms with E-state index in [4.69, 9.17) is 0 Å². The van der Waals surface area contributed by atoms with E-state index in [0.29, 0.717) is 0 Å². The molecular formula is C15H13Br2N. The van der Waals surface area contributed by atoms with E-state index in [1.165, 1.54) is 22.5 Å². The van der Waals surface area contributed by atoms with Crippen LogP contribution in [0, 0.1) is 0 Å². The lowest BCUT2D eigenvalue weighted by molar-refractivity contribution is 0.638. The second-order valence-electron chi connectivity index (χ2n) is 5.13. The van der Waals surface area contributed by atoms with Crippen molar-refractivity contribution in [3.05, 3.63) is 56.5 Å². The molecular weight excluding hydrogens is 354 g/mol. The Morgan fingerprint density at radius 2 is 1.28 bits per heavy atom. The number of nitrogens with one attached hydrogen (secondary N) is 1. The summed E-state index contributed by atoms with van der Waals surface area (Å²) in [5, 5.41) is 3.52. The highest BCUT2D eigenvalue weighted by molar-refractivity contribution is 9.10. The fourth-order valence-electron chi connectivity index (χ4n) is 2.62. The van der Waals surface area contributed by atoms with Crippen LogP contribution in [-0.2, 0) is 5.41 Å². The molecule has 0 unspecified atom stereocenters. The van der Waals surface area contributed by atoms with Crippen molar-refractivity contribution < 1.29 is 0 Å². The fraction of sp³-hybridized carbons (Fsp3) is 0.200. The van der Waals surface area contributed by atoms with Gasteiger partial charge in [-0.05, 0) is 35.4 Å². The van der Waals surface area contributed by atoms with Gasteiger partial charge in [-0.1, -0.05) is 57.8 Å². The van der Waals surface area contributed by atoms with E-state index in [2.05, 4.69) is 87.4 Å². The first-order valence-corrected chi connectivity index (χ1v) is 7.44. The van der Waals surface area contributed by atoms with Crippen LogP contribution in [0.2, 0.25) is 0 Å². The molecule has 0 amide bonds. The number of benzene rings is 2. The van der Waals surface area contributed by atoms with Crippen LogP contribution in [0.4, 0.5) is 11.4 Å². The maximum absolute atomic E-state index is 3.53. The van der Waals surface area contributed by atoms with Crippen molar-refractivity contribution in [2.24, 2.45) is 0 Å². The zero-order valence-electron chi connectivity index (χ0n) is 10.2.